The number of phenolic OH excluding ortho intramolecular Hbond substituents is 1. The summed E-state index contributed by atoms with van der Waals surface area (Å²) in [6.45, 7) is 3.75. The van der Waals surface area contributed by atoms with Crippen LogP contribution in [0, 0.1) is 19.7 Å². The number of hydrogen-bond acceptors (Lipinski definition) is 6. The number of phenols is 1. The van der Waals surface area contributed by atoms with Gasteiger partial charge in [-0.05, 0) is 49.2 Å². The first-order chi connectivity index (χ1) is 14.8. The number of anilines is 1. The molecule has 0 saturated carbocycles. The standard InChI is InChI=1S/C22H18FN3O3S2/c1-11-3-8-16(27)15(9-11)24-17(28)10-30-22-25-20(29)19-18(12(2)31-21(19)26-22)13-4-6-14(23)7-5-13/h3-9,27H,10H2,1-2H3,(H,24,28)(H,25,26,29). The van der Waals surface area contributed by atoms with Crippen LogP contribution in [0.5, 0.6) is 5.75 Å². The van der Waals surface area contributed by atoms with Crippen molar-refractivity contribution in [3.63, 3.8) is 0 Å². The fraction of sp³-hybridized carbons (Fsp3) is 0.136. The molecule has 0 spiro atoms. The van der Waals surface area contributed by atoms with Gasteiger partial charge in [0.1, 0.15) is 16.4 Å². The summed E-state index contributed by atoms with van der Waals surface area (Å²) in [6, 6.07) is 10.9. The van der Waals surface area contributed by atoms with Gasteiger partial charge in [0.2, 0.25) is 5.91 Å². The Morgan fingerprint density at radius 2 is 1.97 bits per heavy atom. The highest BCUT2D eigenvalue weighted by Gasteiger charge is 2.17. The molecule has 0 radical (unpaired) electrons. The maximum Gasteiger partial charge on any atom is 0.260 e. The van der Waals surface area contributed by atoms with Gasteiger partial charge in [-0.25, -0.2) is 9.37 Å². The van der Waals surface area contributed by atoms with E-state index in [0.717, 1.165) is 33.3 Å². The first-order valence-electron chi connectivity index (χ1n) is 9.33. The maximum atomic E-state index is 13.3. The van der Waals surface area contributed by atoms with Crippen LogP contribution in [-0.4, -0.2) is 26.7 Å². The maximum absolute atomic E-state index is 13.3. The second kappa shape index (κ2) is 8.52. The van der Waals surface area contributed by atoms with Crippen molar-refractivity contribution in [2.24, 2.45) is 0 Å². The lowest BCUT2D eigenvalue weighted by molar-refractivity contribution is -0.113. The Morgan fingerprint density at radius 1 is 1.23 bits per heavy atom. The highest BCUT2D eigenvalue weighted by atomic mass is 32.2. The van der Waals surface area contributed by atoms with Gasteiger partial charge in [0.05, 0.1) is 16.8 Å². The smallest absolute Gasteiger partial charge is 0.260 e. The number of fused-ring (bicyclic) bond motifs is 1. The SMILES string of the molecule is Cc1ccc(O)c(NC(=O)CSc2nc3sc(C)c(-c4ccc(F)cc4)c3c(=O)[nH]2)c1. The molecule has 0 aliphatic rings. The summed E-state index contributed by atoms with van der Waals surface area (Å²) in [7, 11) is 0. The van der Waals surface area contributed by atoms with Crippen LogP contribution in [0.2, 0.25) is 0 Å². The summed E-state index contributed by atoms with van der Waals surface area (Å²) >= 11 is 2.47. The number of nitrogens with one attached hydrogen (secondary N) is 2. The number of carbonyl (C=O) groups excluding carboxylic acids is 1. The van der Waals surface area contributed by atoms with Gasteiger partial charge in [-0.1, -0.05) is 30.0 Å². The molecule has 6 nitrogen and oxygen atoms in total. The summed E-state index contributed by atoms with van der Waals surface area (Å²) in [4.78, 5) is 33.7. The Balaban J connectivity index is 1.56. The highest BCUT2D eigenvalue weighted by molar-refractivity contribution is 7.99. The van der Waals surface area contributed by atoms with Crippen molar-refractivity contribution in [3.8, 4) is 16.9 Å². The van der Waals surface area contributed by atoms with Gasteiger partial charge < -0.3 is 15.4 Å². The molecule has 0 atom stereocenters. The predicted octanol–water partition coefficient (Wildman–Crippen LogP) is 4.84. The van der Waals surface area contributed by atoms with Crippen molar-refractivity contribution in [2.45, 2.75) is 19.0 Å². The number of aromatic nitrogens is 2. The van der Waals surface area contributed by atoms with Crippen molar-refractivity contribution in [1.82, 2.24) is 9.97 Å². The van der Waals surface area contributed by atoms with E-state index in [1.54, 1.807) is 24.3 Å². The average molecular weight is 456 g/mol. The van der Waals surface area contributed by atoms with Gasteiger partial charge in [0, 0.05) is 10.4 Å². The predicted molar refractivity (Wildman–Crippen MR) is 123 cm³/mol. The van der Waals surface area contributed by atoms with E-state index in [1.807, 2.05) is 13.8 Å². The Bertz CT molecular complexity index is 1350. The molecule has 0 bridgehead atoms. The third kappa shape index (κ3) is 4.47. The second-order valence-electron chi connectivity index (χ2n) is 6.95. The van der Waals surface area contributed by atoms with Crippen LogP contribution in [0.1, 0.15) is 10.4 Å². The fourth-order valence-corrected chi connectivity index (χ4v) is 4.97. The number of benzene rings is 2. The minimum absolute atomic E-state index is 0.0109. The molecule has 9 heteroatoms. The van der Waals surface area contributed by atoms with E-state index in [4.69, 9.17) is 0 Å². The molecule has 3 N–H and O–H groups in total. The fourth-order valence-electron chi connectivity index (χ4n) is 3.20. The zero-order valence-electron chi connectivity index (χ0n) is 16.7. The van der Waals surface area contributed by atoms with Crippen LogP contribution in [0.4, 0.5) is 10.1 Å². The Morgan fingerprint density at radius 3 is 2.71 bits per heavy atom. The largest absolute Gasteiger partial charge is 0.506 e. The van der Waals surface area contributed by atoms with Crippen molar-refractivity contribution in [1.29, 1.82) is 0 Å². The van der Waals surface area contributed by atoms with Crippen molar-refractivity contribution in [2.75, 3.05) is 11.1 Å². The number of thioether (sulfide) groups is 1. The lowest BCUT2D eigenvalue weighted by Crippen LogP contribution is -2.15. The topological polar surface area (TPSA) is 95.1 Å². The minimum Gasteiger partial charge on any atom is -0.506 e. The Kier molecular flexibility index (Phi) is 5.79. The molecular formula is C22H18FN3O3S2. The third-order valence-corrected chi connectivity index (χ3v) is 6.49. The summed E-state index contributed by atoms with van der Waals surface area (Å²) in [5.74, 6) is -0.678. The number of H-pyrrole nitrogens is 1. The summed E-state index contributed by atoms with van der Waals surface area (Å²) in [6.07, 6.45) is 0. The van der Waals surface area contributed by atoms with E-state index in [2.05, 4.69) is 15.3 Å². The molecule has 1 amide bonds. The molecule has 2 heterocycles. The monoisotopic (exact) mass is 455 g/mol. The van der Waals surface area contributed by atoms with E-state index in [1.165, 1.54) is 29.5 Å². The number of aromatic amines is 1. The summed E-state index contributed by atoms with van der Waals surface area (Å²) in [5.41, 5.74) is 2.41. The number of amides is 1. The number of hydrogen-bond donors (Lipinski definition) is 3. The quantitative estimate of drug-likeness (QED) is 0.227. The molecule has 0 saturated heterocycles. The lowest BCUT2D eigenvalue weighted by atomic mass is 10.0. The lowest BCUT2D eigenvalue weighted by Gasteiger charge is -2.08. The third-order valence-electron chi connectivity index (χ3n) is 4.62. The van der Waals surface area contributed by atoms with E-state index < -0.39 is 0 Å². The Labute approximate surface area is 185 Å². The summed E-state index contributed by atoms with van der Waals surface area (Å²) < 4.78 is 13.3. The van der Waals surface area contributed by atoms with Crippen molar-refractivity contribution >= 4 is 44.9 Å². The van der Waals surface area contributed by atoms with Crippen molar-refractivity contribution < 1.29 is 14.3 Å². The van der Waals surface area contributed by atoms with E-state index in [-0.39, 0.29) is 28.8 Å². The first-order valence-corrected chi connectivity index (χ1v) is 11.1. The molecule has 0 fully saturated rings. The number of aryl methyl sites for hydroxylation is 2. The molecule has 4 aromatic rings. The minimum atomic E-state index is -0.344. The number of aromatic hydroxyl groups is 1. The molecule has 0 unspecified atom stereocenters. The van der Waals surface area contributed by atoms with Crippen LogP contribution >= 0.6 is 23.1 Å². The van der Waals surface area contributed by atoms with E-state index in [0.29, 0.717) is 21.1 Å². The van der Waals surface area contributed by atoms with E-state index in [9.17, 15) is 19.1 Å². The normalized spacial score (nSPS) is 11.1. The van der Waals surface area contributed by atoms with E-state index >= 15 is 0 Å². The number of thiophene rings is 1. The van der Waals surface area contributed by atoms with Crippen LogP contribution in [0.25, 0.3) is 21.3 Å². The zero-order chi connectivity index (χ0) is 22.1. The second-order valence-corrected chi connectivity index (χ2v) is 9.12. The molecule has 0 aliphatic carbocycles. The molecular weight excluding hydrogens is 437 g/mol. The van der Waals surface area contributed by atoms with Crippen LogP contribution in [0.15, 0.2) is 52.4 Å². The Hall–Kier alpha value is -3.17. The van der Waals surface area contributed by atoms with Crippen LogP contribution < -0.4 is 10.9 Å². The molecule has 0 aliphatic heterocycles. The number of nitrogens with zero attached hydrogens (tertiary/aromatic N) is 1. The zero-order valence-corrected chi connectivity index (χ0v) is 18.3. The van der Waals surface area contributed by atoms with Crippen LogP contribution in [-0.2, 0) is 4.79 Å². The molecule has 2 aromatic carbocycles. The molecule has 2 aromatic heterocycles. The number of carbonyl (C=O) groups is 1. The first kappa shape index (κ1) is 21.1. The van der Waals surface area contributed by atoms with Crippen LogP contribution in [0.3, 0.4) is 0 Å². The van der Waals surface area contributed by atoms with Gasteiger partial charge in [-0.2, -0.15) is 0 Å². The van der Waals surface area contributed by atoms with Gasteiger partial charge in [-0.3, -0.25) is 9.59 Å². The summed E-state index contributed by atoms with van der Waals surface area (Å²) in [5, 5.41) is 13.3. The molecule has 31 heavy (non-hydrogen) atoms. The average Bonchev–Trinajstić information content (AvgIpc) is 3.06. The van der Waals surface area contributed by atoms with Gasteiger partial charge in [-0.15, -0.1) is 11.3 Å². The molecule has 158 valence electrons. The number of halogens is 1. The van der Waals surface area contributed by atoms with Gasteiger partial charge >= 0.3 is 0 Å². The van der Waals surface area contributed by atoms with Gasteiger partial charge in [0.25, 0.3) is 5.56 Å². The highest BCUT2D eigenvalue weighted by Crippen LogP contribution is 2.36. The molecule has 4 rings (SSSR count). The van der Waals surface area contributed by atoms with Gasteiger partial charge in [0.15, 0.2) is 5.16 Å². The van der Waals surface area contributed by atoms with Crippen molar-refractivity contribution in [3.05, 3.63) is 69.1 Å². The number of rotatable bonds is 5.